The Bertz CT molecular complexity index is 543. The first kappa shape index (κ1) is 11.5. The van der Waals surface area contributed by atoms with Gasteiger partial charge in [0, 0.05) is 5.56 Å². The Labute approximate surface area is 102 Å². The van der Waals surface area contributed by atoms with Crippen LogP contribution in [0, 0.1) is 0 Å². The third-order valence-corrected chi connectivity index (χ3v) is 3.26. The molecule has 0 aliphatic rings. The molecule has 1 aromatic heterocycles. The van der Waals surface area contributed by atoms with Crippen molar-refractivity contribution in [2.45, 2.75) is 6.42 Å². The third-order valence-electron chi connectivity index (χ3n) is 2.31. The summed E-state index contributed by atoms with van der Waals surface area (Å²) in [6, 6.07) is 10.1. The largest absolute Gasteiger partial charge is 0.506 e. The highest BCUT2D eigenvalue weighted by molar-refractivity contribution is 7.12. The van der Waals surface area contributed by atoms with Crippen LogP contribution in [0.1, 0.15) is 26.5 Å². The molecule has 0 saturated carbocycles. The first-order valence-electron chi connectivity index (χ1n) is 5.06. The highest BCUT2D eigenvalue weighted by atomic mass is 32.1. The van der Waals surface area contributed by atoms with Gasteiger partial charge in [0.05, 0.1) is 6.42 Å². The molecule has 4 heteroatoms. The number of Topliss-reactive ketones (excluding diaryl/α,β-unsaturated/α-hetero) is 2. The molecule has 0 aliphatic heterocycles. The normalized spacial score (nSPS) is 10.1. The first-order chi connectivity index (χ1) is 8.18. The number of aromatic hydroxyl groups is 1. The van der Waals surface area contributed by atoms with Crippen LogP contribution in [-0.4, -0.2) is 16.7 Å². The van der Waals surface area contributed by atoms with Gasteiger partial charge in [0.15, 0.2) is 11.6 Å². The van der Waals surface area contributed by atoms with Gasteiger partial charge in [-0.25, -0.2) is 0 Å². The molecule has 2 rings (SSSR count). The van der Waals surface area contributed by atoms with Crippen molar-refractivity contribution < 1.29 is 14.7 Å². The lowest BCUT2D eigenvalue weighted by Crippen LogP contribution is -2.07. The van der Waals surface area contributed by atoms with E-state index >= 15 is 0 Å². The fraction of sp³-hybridized carbons (Fsp3) is 0.0769. The highest BCUT2D eigenvalue weighted by Crippen LogP contribution is 2.24. The number of hydrogen-bond acceptors (Lipinski definition) is 4. The number of thiophene rings is 1. The molecule has 0 aliphatic carbocycles. The van der Waals surface area contributed by atoms with Crippen molar-refractivity contribution in [1.29, 1.82) is 0 Å². The summed E-state index contributed by atoms with van der Waals surface area (Å²) in [5, 5.41) is 11.0. The van der Waals surface area contributed by atoms with E-state index in [0.717, 1.165) is 11.3 Å². The molecule has 1 aromatic carbocycles. The second-order valence-electron chi connectivity index (χ2n) is 3.52. The van der Waals surface area contributed by atoms with Crippen LogP contribution in [0.25, 0.3) is 0 Å². The first-order valence-corrected chi connectivity index (χ1v) is 5.94. The fourth-order valence-electron chi connectivity index (χ4n) is 1.46. The maximum absolute atomic E-state index is 11.8. The van der Waals surface area contributed by atoms with Crippen LogP contribution >= 0.6 is 11.3 Å². The molecule has 86 valence electrons. The van der Waals surface area contributed by atoms with E-state index in [9.17, 15) is 14.7 Å². The second kappa shape index (κ2) is 4.93. The Morgan fingerprint density at radius 3 is 2.35 bits per heavy atom. The van der Waals surface area contributed by atoms with Crippen molar-refractivity contribution in [3.8, 4) is 5.75 Å². The Morgan fingerprint density at radius 1 is 1.06 bits per heavy atom. The molecule has 0 spiro atoms. The Kier molecular flexibility index (Phi) is 3.35. The van der Waals surface area contributed by atoms with Crippen LogP contribution in [0.15, 0.2) is 41.8 Å². The lowest BCUT2D eigenvalue weighted by molar-refractivity contribution is 0.0895. The van der Waals surface area contributed by atoms with Crippen LogP contribution in [0.5, 0.6) is 5.75 Å². The van der Waals surface area contributed by atoms with Gasteiger partial charge in [0.2, 0.25) is 0 Å². The van der Waals surface area contributed by atoms with E-state index in [0.29, 0.717) is 5.56 Å². The van der Waals surface area contributed by atoms with E-state index < -0.39 is 0 Å². The molecule has 0 atom stereocenters. The van der Waals surface area contributed by atoms with Gasteiger partial charge in [0.1, 0.15) is 10.6 Å². The number of hydrogen-bond donors (Lipinski definition) is 1. The van der Waals surface area contributed by atoms with Crippen LogP contribution in [0.2, 0.25) is 0 Å². The minimum atomic E-state index is -0.341. The molecule has 0 amide bonds. The summed E-state index contributed by atoms with van der Waals surface area (Å²) in [7, 11) is 0. The zero-order valence-electron chi connectivity index (χ0n) is 8.92. The summed E-state index contributed by atoms with van der Waals surface area (Å²) in [5.41, 5.74) is 0.511. The molecular formula is C13H10O3S. The minimum absolute atomic E-state index is 0.0548. The monoisotopic (exact) mass is 246 g/mol. The molecule has 0 fully saturated rings. The topological polar surface area (TPSA) is 54.4 Å². The van der Waals surface area contributed by atoms with E-state index in [1.54, 1.807) is 29.6 Å². The van der Waals surface area contributed by atoms with Crippen molar-refractivity contribution in [3.05, 3.63) is 52.2 Å². The molecule has 1 N–H and O–H groups in total. The second-order valence-corrected chi connectivity index (χ2v) is 4.44. The molecular weight excluding hydrogens is 236 g/mol. The zero-order valence-corrected chi connectivity index (χ0v) is 9.74. The van der Waals surface area contributed by atoms with Crippen molar-refractivity contribution in [1.82, 2.24) is 0 Å². The van der Waals surface area contributed by atoms with Gasteiger partial charge in [-0.2, -0.15) is 0 Å². The maximum Gasteiger partial charge on any atom is 0.184 e. The molecule has 0 bridgehead atoms. The lowest BCUT2D eigenvalue weighted by Gasteiger charge is -1.99. The van der Waals surface area contributed by atoms with E-state index in [-0.39, 0.29) is 28.6 Å². The molecule has 0 radical (unpaired) electrons. The van der Waals surface area contributed by atoms with Crippen molar-refractivity contribution in [2.24, 2.45) is 0 Å². The van der Waals surface area contributed by atoms with Gasteiger partial charge < -0.3 is 5.11 Å². The van der Waals surface area contributed by atoms with Gasteiger partial charge in [-0.1, -0.05) is 30.3 Å². The predicted octanol–water partition coefficient (Wildman–Crippen LogP) is 2.91. The molecule has 2 aromatic rings. The Balaban J connectivity index is 2.10. The molecule has 17 heavy (non-hydrogen) atoms. The molecule has 0 unspecified atom stereocenters. The smallest absolute Gasteiger partial charge is 0.184 e. The van der Waals surface area contributed by atoms with Gasteiger partial charge >= 0.3 is 0 Å². The van der Waals surface area contributed by atoms with Gasteiger partial charge in [-0.15, -0.1) is 11.3 Å². The summed E-state index contributed by atoms with van der Waals surface area (Å²) < 4.78 is 0. The highest BCUT2D eigenvalue weighted by Gasteiger charge is 2.17. The molecule has 0 saturated heterocycles. The third kappa shape index (κ3) is 2.60. The van der Waals surface area contributed by atoms with Gasteiger partial charge in [-0.3, -0.25) is 9.59 Å². The standard InChI is InChI=1S/C13H10O3S/c14-10-6-7-17-13(10)12(16)8-11(15)9-4-2-1-3-5-9/h1-7,14H,8H2. The van der Waals surface area contributed by atoms with Gasteiger partial charge in [0.25, 0.3) is 0 Å². The summed E-state index contributed by atoms with van der Waals surface area (Å²) >= 11 is 1.14. The van der Waals surface area contributed by atoms with Crippen LogP contribution in [0.3, 0.4) is 0 Å². The van der Waals surface area contributed by atoms with Gasteiger partial charge in [-0.05, 0) is 11.4 Å². The van der Waals surface area contributed by atoms with E-state index in [4.69, 9.17) is 0 Å². The van der Waals surface area contributed by atoms with Crippen LogP contribution in [0.4, 0.5) is 0 Å². The summed E-state index contributed by atoms with van der Waals surface area (Å²) in [6.07, 6.45) is -0.210. The zero-order chi connectivity index (χ0) is 12.3. The number of benzene rings is 1. The average molecular weight is 246 g/mol. The lowest BCUT2D eigenvalue weighted by atomic mass is 10.1. The number of ketones is 2. The Morgan fingerprint density at radius 2 is 1.76 bits per heavy atom. The van der Waals surface area contributed by atoms with Crippen LogP contribution < -0.4 is 0 Å². The SMILES string of the molecule is O=C(CC(=O)c1sccc1O)c1ccccc1. The van der Waals surface area contributed by atoms with Crippen molar-refractivity contribution in [2.75, 3.05) is 0 Å². The minimum Gasteiger partial charge on any atom is -0.506 e. The Hall–Kier alpha value is -1.94. The van der Waals surface area contributed by atoms with Crippen molar-refractivity contribution >= 4 is 22.9 Å². The van der Waals surface area contributed by atoms with E-state index in [1.165, 1.54) is 6.07 Å². The molecule has 3 nitrogen and oxygen atoms in total. The summed E-state index contributed by atoms with van der Waals surface area (Å²) in [4.78, 5) is 23.7. The predicted molar refractivity (Wildman–Crippen MR) is 65.7 cm³/mol. The van der Waals surface area contributed by atoms with E-state index in [1.807, 2.05) is 6.07 Å². The average Bonchev–Trinajstić information content (AvgIpc) is 2.76. The quantitative estimate of drug-likeness (QED) is 0.666. The summed E-state index contributed by atoms with van der Waals surface area (Å²) in [5.74, 6) is -0.629. The fourth-order valence-corrected chi connectivity index (χ4v) is 2.19. The maximum atomic E-state index is 11.8. The van der Waals surface area contributed by atoms with Crippen LogP contribution in [-0.2, 0) is 0 Å². The number of rotatable bonds is 4. The van der Waals surface area contributed by atoms with Crippen molar-refractivity contribution in [3.63, 3.8) is 0 Å². The van der Waals surface area contributed by atoms with E-state index in [2.05, 4.69) is 0 Å². The number of carbonyl (C=O) groups is 2. The summed E-state index contributed by atoms with van der Waals surface area (Å²) in [6.45, 7) is 0. The number of carbonyl (C=O) groups excluding carboxylic acids is 2. The molecule has 1 heterocycles.